The Labute approximate surface area is 299 Å². The Bertz CT molecular complexity index is 1230. The molecule has 0 saturated heterocycles. The lowest BCUT2D eigenvalue weighted by molar-refractivity contribution is -0.0969. The van der Waals surface area contributed by atoms with Crippen LogP contribution in [0.15, 0.2) is 30.3 Å². The van der Waals surface area contributed by atoms with E-state index in [0.717, 1.165) is 82.9 Å². The predicted molar refractivity (Wildman–Crippen MR) is 207 cm³/mol. The summed E-state index contributed by atoms with van der Waals surface area (Å²) in [6, 6.07) is 12.3. The molecule has 7 rings (SSSR count). The van der Waals surface area contributed by atoms with E-state index >= 15 is 0 Å². The number of hydrogen-bond acceptors (Lipinski definition) is 0. The van der Waals surface area contributed by atoms with Crippen molar-refractivity contribution in [2.24, 2.45) is 104 Å². The highest BCUT2D eigenvalue weighted by atomic mass is 14.7. The van der Waals surface area contributed by atoms with E-state index in [1.54, 1.807) is 5.56 Å². The molecule has 12 unspecified atom stereocenters. The molecule has 48 heavy (non-hydrogen) atoms. The van der Waals surface area contributed by atoms with Gasteiger partial charge in [-0.15, -0.1) is 0 Å². The van der Waals surface area contributed by atoms with E-state index in [1.165, 1.54) is 64.2 Å². The van der Waals surface area contributed by atoms with Crippen molar-refractivity contribution in [1.29, 1.82) is 0 Å². The van der Waals surface area contributed by atoms with Crippen molar-refractivity contribution in [3.63, 3.8) is 0 Å². The topological polar surface area (TPSA) is 0 Å². The van der Waals surface area contributed by atoms with Crippen LogP contribution < -0.4 is 0 Å². The number of rotatable bonds is 4. The summed E-state index contributed by atoms with van der Waals surface area (Å²) >= 11 is 0. The molecule has 270 valence electrons. The van der Waals surface area contributed by atoms with E-state index in [2.05, 4.69) is 120 Å². The van der Waals surface area contributed by atoms with Crippen molar-refractivity contribution in [3.05, 3.63) is 35.9 Å². The molecule has 0 aliphatic heterocycles. The van der Waals surface area contributed by atoms with Gasteiger partial charge in [0.25, 0.3) is 0 Å². The highest BCUT2D eigenvalue weighted by molar-refractivity contribution is 5.26. The Morgan fingerprint density at radius 3 is 1.27 bits per heavy atom. The van der Waals surface area contributed by atoms with Gasteiger partial charge < -0.3 is 0 Å². The molecule has 0 bridgehead atoms. The molecule has 0 radical (unpaired) electrons. The van der Waals surface area contributed by atoms with Crippen LogP contribution in [-0.2, 0) is 0 Å². The van der Waals surface area contributed by atoms with E-state index < -0.39 is 0 Å². The van der Waals surface area contributed by atoms with Gasteiger partial charge in [0.2, 0.25) is 0 Å². The normalized spacial score (nSPS) is 44.7. The second-order valence-electron chi connectivity index (χ2n) is 23.6. The lowest BCUT2D eigenvalue weighted by Crippen LogP contribution is -2.51. The first-order valence-corrected chi connectivity index (χ1v) is 21.3. The molecule has 0 heteroatoms. The van der Waals surface area contributed by atoms with Crippen LogP contribution in [0.25, 0.3) is 0 Å². The number of benzene rings is 1. The average Bonchev–Trinajstić information content (AvgIpc) is 3.59. The summed E-state index contributed by atoms with van der Waals surface area (Å²) in [7, 11) is 0. The highest BCUT2D eigenvalue weighted by Gasteiger charge is 2.65. The van der Waals surface area contributed by atoms with E-state index in [0.29, 0.717) is 27.1 Å². The molecule has 0 heterocycles. The minimum Gasteiger partial charge on any atom is -0.0625 e. The van der Waals surface area contributed by atoms with Gasteiger partial charge >= 0.3 is 0 Å². The number of hydrogen-bond donors (Lipinski definition) is 0. The second-order valence-corrected chi connectivity index (χ2v) is 23.6. The van der Waals surface area contributed by atoms with Crippen LogP contribution in [0.2, 0.25) is 0 Å². The molecule has 1 aromatic rings. The molecule has 6 aliphatic carbocycles. The van der Waals surface area contributed by atoms with Gasteiger partial charge in [-0.1, -0.05) is 120 Å². The zero-order valence-electron chi connectivity index (χ0n) is 34.0. The molecule has 0 N–H and O–H groups in total. The molecule has 12 atom stereocenters. The molecule has 6 fully saturated rings. The Morgan fingerprint density at radius 2 is 0.896 bits per heavy atom. The molecule has 0 spiro atoms. The van der Waals surface area contributed by atoms with Crippen LogP contribution in [-0.4, -0.2) is 0 Å². The SMILES string of the molecule is CC(C)C1CC(C(C)(C)C)CC1C(c1ccccc1)C1C2CC3C(CC2C2CC4C(CC21)C(C)(C)CCC4(C)C)C(C)(C)CCC3(C)C. The fourth-order valence-electron chi connectivity index (χ4n) is 15.2. The van der Waals surface area contributed by atoms with Crippen LogP contribution in [0.5, 0.6) is 0 Å². The maximum absolute atomic E-state index is 2.69. The fraction of sp³-hybridized carbons (Fsp3) is 0.875. The monoisotopic (exact) mass is 655 g/mol. The summed E-state index contributed by atoms with van der Waals surface area (Å²) in [4.78, 5) is 0. The minimum atomic E-state index is 0.398. The van der Waals surface area contributed by atoms with Crippen LogP contribution in [0.1, 0.15) is 166 Å². The Kier molecular flexibility index (Phi) is 8.81. The summed E-state index contributed by atoms with van der Waals surface area (Å²) in [5.74, 6) is 12.2. The average molecular weight is 655 g/mol. The molecular formula is C48H78. The third-order valence-electron chi connectivity index (χ3n) is 18.4. The first-order chi connectivity index (χ1) is 22.2. The minimum absolute atomic E-state index is 0.398. The smallest absolute Gasteiger partial charge is 0.00969 e. The van der Waals surface area contributed by atoms with Crippen molar-refractivity contribution >= 4 is 0 Å². The molecule has 0 aromatic heterocycles. The Morgan fingerprint density at radius 1 is 0.521 bits per heavy atom. The van der Waals surface area contributed by atoms with Crippen molar-refractivity contribution in [3.8, 4) is 0 Å². The van der Waals surface area contributed by atoms with Crippen molar-refractivity contribution in [2.45, 2.75) is 160 Å². The molecule has 0 amide bonds. The van der Waals surface area contributed by atoms with Crippen LogP contribution >= 0.6 is 0 Å². The van der Waals surface area contributed by atoms with Crippen LogP contribution in [0.3, 0.4) is 0 Å². The summed E-state index contributed by atoms with van der Waals surface area (Å²) in [6.07, 6.45) is 14.7. The molecule has 1 aromatic carbocycles. The van der Waals surface area contributed by atoms with Crippen molar-refractivity contribution in [1.82, 2.24) is 0 Å². The van der Waals surface area contributed by atoms with E-state index in [1.807, 2.05) is 0 Å². The molecule has 6 saturated carbocycles. The molecular weight excluding hydrogens is 577 g/mol. The van der Waals surface area contributed by atoms with Gasteiger partial charge in [-0.05, 0) is 180 Å². The fourth-order valence-corrected chi connectivity index (χ4v) is 15.2. The first-order valence-electron chi connectivity index (χ1n) is 21.3. The first kappa shape index (κ1) is 35.6. The quantitative estimate of drug-likeness (QED) is 0.303. The summed E-state index contributed by atoms with van der Waals surface area (Å²) < 4.78 is 0. The van der Waals surface area contributed by atoms with Gasteiger partial charge in [-0.3, -0.25) is 0 Å². The summed E-state index contributed by atoms with van der Waals surface area (Å²) in [5.41, 5.74) is 4.08. The third-order valence-corrected chi connectivity index (χ3v) is 18.4. The van der Waals surface area contributed by atoms with E-state index in [9.17, 15) is 0 Å². The largest absolute Gasteiger partial charge is 0.0625 e. The molecule has 6 aliphatic rings. The standard InChI is InChI=1S/C48H78/c1-29(2)32-23-31(44(3,4)5)24-35(32)42(30-17-15-14-16-18-30)43-36-27-40-38(45(6,7)19-21-47(40,10)11)25-33(36)34-26-39-41(28-37(34)43)48(12,13)22-20-46(39,8)9/h14-18,29,31-43H,19-28H2,1-13H3. The van der Waals surface area contributed by atoms with Gasteiger partial charge in [-0.2, -0.15) is 0 Å². The highest BCUT2D eigenvalue weighted by Crippen LogP contribution is 2.73. The second kappa shape index (κ2) is 11.9. The van der Waals surface area contributed by atoms with Crippen molar-refractivity contribution < 1.29 is 0 Å². The summed E-state index contributed by atoms with van der Waals surface area (Å²) in [6.45, 7) is 34.3. The van der Waals surface area contributed by atoms with Gasteiger partial charge in [0.15, 0.2) is 0 Å². The zero-order chi connectivity index (χ0) is 34.8. The number of fused-ring (bicyclic) bond motifs is 5. The maximum Gasteiger partial charge on any atom is -0.00969 e. The lowest BCUT2D eigenvalue weighted by atomic mass is 9.46. The van der Waals surface area contributed by atoms with Gasteiger partial charge in [0.05, 0.1) is 0 Å². The van der Waals surface area contributed by atoms with Gasteiger partial charge in [-0.25, -0.2) is 0 Å². The lowest BCUT2D eigenvalue weighted by Gasteiger charge is -2.59. The van der Waals surface area contributed by atoms with E-state index in [-0.39, 0.29) is 0 Å². The van der Waals surface area contributed by atoms with Gasteiger partial charge in [0, 0.05) is 0 Å². The summed E-state index contributed by atoms with van der Waals surface area (Å²) in [5, 5.41) is 0. The predicted octanol–water partition coefficient (Wildman–Crippen LogP) is 14.0. The van der Waals surface area contributed by atoms with Gasteiger partial charge in [0.1, 0.15) is 0 Å². The Hall–Kier alpha value is -0.780. The maximum atomic E-state index is 2.69. The van der Waals surface area contributed by atoms with Crippen molar-refractivity contribution in [2.75, 3.05) is 0 Å². The molecule has 0 nitrogen and oxygen atoms in total. The zero-order valence-corrected chi connectivity index (χ0v) is 34.0. The van der Waals surface area contributed by atoms with E-state index in [4.69, 9.17) is 0 Å². The third kappa shape index (κ3) is 5.82. The van der Waals surface area contributed by atoms with Crippen LogP contribution in [0.4, 0.5) is 0 Å². The Balaban J connectivity index is 1.38. The van der Waals surface area contributed by atoms with Crippen LogP contribution in [0, 0.1) is 104 Å².